The molecule has 3 aliphatic rings. The van der Waals surface area contributed by atoms with Crippen molar-refractivity contribution in [1.82, 2.24) is 0 Å². The van der Waals surface area contributed by atoms with Crippen molar-refractivity contribution in [2.24, 2.45) is 5.41 Å². The molecule has 0 radical (unpaired) electrons. The molecule has 2 heterocycles. The monoisotopic (exact) mass is 370 g/mol. The molecule has 1 aliphatic carbocycles. The lowest BCUT2D eigenvalue weighted by Crippen LogP contribution is -2.49. The molecule has 2 bridgehead atoms. The predicted molar refractivity (Wildman–Crippen MR) is 103 cm³/mol. The van der Waals surface area contributed by atoms with Gasteiger partial charge in [0.1, 0.15) is 5.75 Å². The van der Waals surface area contributed by atoms with Crippen molar-refractivity contribution < 1.29 is 18.6 Å². The second-order valence-corrected chi connectivity index (χ2v) is 7.79. The molecule has 2 aromatic carbocycles. The van der Waals surface area contributed by atoms with Crippen LogP contribution < -0.4 is 4.74 Å². The summed E-state index contributed by atoms with van der Waals surface area (Å²) in [6, 6.07) is 14.5. The fourth-order valence-corrected chi connectivity index (χ4v) is 4.37. The number of fused-ring (bicyclic) bond motifs is 3. The van der Waals surface area contributed by atoms with Gasteiger partial charge < -0.3 is 14.2 Å². The zero-order valence-corrected chi connectivity index (χ0v) is 15.9. The van der Waals surface area contributed by atoms with Crippen LogP contribution in [0.2, 0.25) is 0 Å². The fourth-order valence-electron chi connectivity index (χ4n) is 4.37. The third-order valence-corrected chi connectivity index (χ3v) is 6.18. The standard InChI is InChI=1S/C23H27FO3/c1-2-25-15-14-22-10-12-23(13-11-22,26-17-22)18-8-9-20(24)21(16-18)27-19-6-4-3-5-7-19/h3-9,16H,2,10-15,17H2,1H3. The second-order valence-electron chi connectivity index (χ2n) is 7.79. The Hall–Kier alpha value is -1.91. The zero-order valence-electron chi connectivity index (χ0n) is 15.9. The van der Waals surface area contributed by atoms with Crippen LogP contribution >= 0.6 is 0 Å². The summed E-state index contributed by atoms with van der Waals surface area (Å²) >= 11 is 0. The molecule has 3 fully saturated rings. The van der Waals surface area contributed by atoms with Crippen LogP contribution in [0.15, 0.2) is 48.5 Å². The van der Waals surface area contributed by atoms with Crippen molar-refractivity contribution in [2.45, 2.75) is 44.6 Å². The number of halogens is 1. The summed E-state index contributed by atoms with van der Waals surface area (Å²) in [7, 11) is 0. The Morgan fingerprint density at radius 2 is 1.81 bits per heavy atom. The van der Waals surface area contributed by atoms with Crippen LogP contribution in [-0.4, -0.2) is 19.8 Å². The zero-order chi connectivity index (χ0) is 18.7. The molecule has 0 spiro atoms. The van der Waals surface area contributed by atoms with Crippen LogP contribution in [0, 0.1) is 11.2 Å². The minimum atomic E-state index is -0.350. The number of hydrogen-bond acceptors (Lipinski definition) is 3. The Balaban J connectivity index is 1.51. The van der Waals surface area contributed by atoms with E-state index in [0.717, 1.165) is 57.5 Å². The normalized spacial score (nSPS) is 26.9. The van der Waals surface area contributed by atoms with Gasteiger partial charge in [0.2, 0.25) is 0 Å². The first kappa shape index (κ1) is 18.5. The van der Waals surface area contributed by atoms with E-state index in [2.05, 4.69) is 0 Å². The van der Waals surface area contributed by atoms with Crippen LogP contribution in [0.25, 0.3) is 0 Å². The Labute approximate surface area is 160 Å². The molecule has 5 rings (SSSR count). The molecule has 0 aromatic heterocycles. The highest BCUT2D eigenvalue weighted by molar-refractivity contribution is 5.38. The van der Waals surface area contributed by atoms with Gasteiger partial charge in [-0.2, -0.15) is 0 Å². The second kappa shape index (κ2) is 7.61. The third kappa shape index (κ3) is 3.74. The Morgan fingerprint density at radius 1 is 1.04 bits per heavy atom. The number of hydrogen-bond donors (Lipinski definition) is 0. The van der Waals surface area contributed by atoms with E-state index in [4.69, 9.17) is 14.2 Å². The van der Waals surface area contributed by atoms with Gasteiger partial charge in [-0.25, -0.2) is 4.39 Å². The molecule has 1 saturated carbocycles. The van der Waals surface area contributed by atoms with Crippen molar-refractivity contribution in [3.63, 3.8) is 0 Å². The average Bonchev–Trinajstić information content (AvgIpc) is 2.72. The SMILES string of the molecule is CCOCCC12CCC(c3ccc(F)c(Oc4ccccc4)c3)(CC1)OC2. The molecule has 0 amide bonds. The van der Waals surface area contributed by atoms with Crippen LogP contribution in [0.3, 0.4) is 0 Å². The molecular weight excluding hydrogens is 343 g/mol. The molecule has 4 heteroatoms. The molecule has 144 valence electrons. The molecule has 2 saturated heterocycles. The third-order valence-electron chi connectivity index (χ3n) is 6.18. The highest BCUT2D eigenvalue weighted by atomic mass is 19.1. The van der Waals surface area contributed by atoms with Gasteiger partial charge in [-0.05, 0) is 74.3 Å². The van der Waals surface area contributed by atoms with Gasteiger partial charge in [-0.15, -0.1) is 0 Å². The Bertz CT molecular complexity index is 750. The molecule has 2 aromatic rings. The summed E-state index contributed by atoms with van der Waals surface area (Å²) in [5.74, 6) is 0.543. The quantitative estimate of drug-likeness (QED) is 0.574. The number of benzene rings is 2. The average molecular weight is 370 g/mol. The summed E-state index contributed by atoms with van der Waals surface area (Å²) in [6.07, 6.45) is 5.26. The number of para-hydroxylation sites is 1. The van der Waals surface area contributed by atoms with E-state index in [1.54, 1.807) is 0 Å². The van der Waals surface area contributed by atoms with Crippen LogP contribution in [-0.2, 0) is 15.1 Å². The molecular formula is C23H27FO3. The highest BCUT2D eigenvalue weighted by Crippen LogP contribution is 2.55. The molecule has 0 atom stereocenters. The van der Waals surface area contributed by atoms with Gasteiger partial charge in [0.15, 0.2) is 11.6 Å². The van der Waals surface area contributed by atoms with E-state index in [0.29, 0.717) is 5.75 Å². The molecule has 3 nitrogen and oxygen atoms in total. The van der Waals surface area contributed by atoms with Crippen molar-refractivity contribution in [2.75, 3.05) is 19.8 Å². The van der Waals surface area contributed by atoms with E-state index in [-0.39, 0.29) is 22.6 Å². The van der Waals surface area contributed by atoms with E-state index in [1.807, 2.05) is 49.4 Å². The molecule has 2 aliphatic heterocycles. The van der Waals surface area contributed by atoms with Crippen LogP contribution in [0.1, 0.15) is 44.6 Å². The first-order chi connectivity index (χ1) is 13.1. The largest absolute Gasteiger partial charge is 0.454 e. The van der Waals surface area contributed by atoms with E-state index in [1.165, 1.54) is 6.07 Å². The number of ether oxygens (including phenoxy) is 3. The molecule has 0 N–H and O–H groups in total. The first-order valence-corrected chi connectivity index (χ1v) is 9.89. The summed E-state index contributed by atoms with van der Waals surface area (Å²) < 4.78 is 32.1. The highest BCUT2D eigenvalue weighted by Gasteiger charge is 2.50. The minimum Gasteiger partial charge on any atom is -0.454 e. The van der Waals surface area contributed by atoms with Crippen LogP contribution in [0.4, 0.5) is 4.39 Å². The Morgan fingerprint density at radius 3 is 2.48 bits per heavy atom. The number of rotatable bonds is 7. The van der Waals surface area contributed by atoms with E-state index >= 15 is 0 Å². The van der Waals surface area contributed by atoms with Crippen molar-refractivity contribution in [3.05, 3.63) is 59.9 Å². The lowest BCUT2D eigenvalue weighted by atomic mass is 9.63. The summed E-state index contributed by atoms with van der Waals surface area (Å²) in [4.78, 5) is 0. The maximum atomic E-state index is 14.3. The minimum absolute atomic E-state index is 0.250. The van der Waals surface area contributed by atoms with Crippen molar-refractivity contribution >= 4 is 0 Å². The maximum Gasteiger partial charge on any atom is 0.165 e. The predicted octanol–water partition coefficient (Wildman–Crippen LogP) is 5.83. The van der Waals surface area contributed by atoms with E-state index in [9.17, 15) is 4.39 Å². The van der Waals surface area contributed by atoms with E-state index < -0.39 is 0 Å². The summed E-state index contributed by atoms with van der Waals surface area (Å²) in [6.45, 7) is 4.36. The van der Waals surface area contributed by atoms with Crippen molar-refractivity contribution in [1.29, 1.82) is 0 Å². The summed E-state index contributed by atoms with van der Waals surface area (Å²) in [5, 5.41) is 0. The lowest BCUT2D eigenvalue weighted by molar-refractivity contribution is -0.194. The smallest absolute Gasteiger partial charge is 0.165 e. The van der Waals surface area contributed by atoms with Crippen molar-refractivity contribution in [3.8, 4) is 11.5 Å². The lowest BCUT2D eigenvalue weighted by Gasteiger charge is -2.53. The maximum absolute atomic E-state index is 14.3. The van der Waals surface area contributed by atoms with Gasteiger partial charge in [-0.3, -0.25) is 0 Å². The Kier molecular flexibility index (Phi) is 5.20. The van der Waals surface area contributed by atoms with Gasteiger partial charge in [0.25, 0.3) is 0 Å². The topological polar surface area (TPSA) is 27.7 Å². The van der Waals surface area contributed by atoms with Gasteiger partial charge in [0.05, 0.1) is 12.2 Å². The molecule has 27 heavy (non-hydrogen) atoms. The first-order valence-electron chi connectivity index (χ1n) is 9.89. The van der Waals surface area contributed by atoms with Gasteiger partial charge in [-0.1, -0.05) is 24.3 Å². The molecule has 0 unspecified atom stereocenters. The van der Waals surface area contributed by atoms with Crippen LogP contribution in [0.5, 0.6) is 11.5 Å². The van der Waals surface area contributed by atoms with Gasteiger partial charge >= 0.3 is 0 Å². The van der Waals surface area contributed by atoms with Gasteiger partial charge in [0, 0.05) is 13.2 Å². The fraction of sp³-hybridized carbons (Fsp3) is 0.478. The summed E-state index contributed by atoms with van der Waals surface area (Å²) in [5.41, 5.74) is 0.962.